The molecule has 1 amide bonds. The van der Waals surface area contributed by atoms with Crippen molar-refractivity contribution in [2.45, 2.75) is 19.4 Å². The highest BCUT2D eigenvalue weighted by Crippen LogP contribution is 2.27. The maximum absolute atomic E-state index is 11.1. The summed E-state index contributed by atoms with van der Waals surface area (Å²) in [6.45, 7) is 1.92. The highest BCUT2D eigenvalue weighted by Gasteiger charge is 2.21. The van der Waals surface area contributed by atoms with Gasteiger partial charge in [0.05, 0.1) is 11.8 Å². The van der Waals surface area contributed by atoms with Gasteiger partial charge in [-0.1, -0.05) is 0 Å². The number of carbonyl (C=O) groups is 2. The Hall–Kier alpha value is -2.22. The van der Waals surface area contributed by atoms with Gasteiger partial charge in [-0.05, 0) is 13.0 Å². The van der Waals surface area contributed by atoms with Gasteiger partial charge in [-0.15, -0.1) is 11.3 Å². The topological polar surface area (TPSA) is 118 Å². The van der Waals surface area contributed by atoms with Crippen molar-refractivity contribution in [1.29, 1.82) is 0 Å². The Kier molecular flexibility index (Phi) is 3.61. The molecule has 2 rings (SSSR count). The SMILES string of the molecule is Cc1cc2c(NC(CC(N)=O)C(=O)O)ncnc2s1. The molecule has 1 atom stereocenters. The normalized spacial score (nSPS) is 12.3. The number of carboxylic acids is 1. The lowest BCUT2D eigenvalue weighted by atomic mass is 10.2. The minimum absolute atomic E-state index is 0.302. The second-order valence-corrected chi connectivity index (χ2v) is 5.24. The van der Waals surface area contributed by atoms with Crippen molar-refractivity contribution < 1.29 is 14.7 Å². The highest BCUT2D eigenvalue weighted by molar-refractivity contribution is 7.18. The largest absolute Gasteiger partial charge is 0.480 e. The van der Waals surface area contributed by atoms with Crippen molar-refractivity contribution in [3.63, 3.8) is 0 Å². The van der Waals surface area contributed by atoms with E-state index in [2.05, 4.69) is 15.3 Å². The number of primary amides is 1. The summed E-state index contributed by atoms with van der Waals surface area (Å²) < 4.78 is 0. The van der Waals surface area contributed by atoms with Crippen LogP contribution < -0.4 is 11.1 Å². The fraction of sp³-hybridized carbons (Fsp3) is 0.273. The van der Waals surface area contributed by atoms with Crippen LogP contribution in [0, 0.1) is 6.92 Å². The number of hydrogen-bond donors (Lipinski definition) is 3. The van der Waals surface area contributed by atoms with E-state index < -0.39 is 17.9 Å². The van der Waals surface area contributed by atoms with Gasteiger partial charge in [0.25, 0.3) is 0 Å². The first-order valence-electron chi connectivity index (χ1n) is 5.46. The number of nitrogens with zero attached hydrogens (tertiary/aromatic N) is 2. The molecule has 100 valence electrons. The monoisotopic (exact) mass is 280 g/mol. The molecule has 0 aliphatic heterocycles. The van der Waals surface area contributed by atoms with E-state index in [0.717, 1.165) is 15.1 Å². The number of anilines is 1. The predicted octanol–water partition coefficient (Wildman–Crippen LogP) is 0.740. The minimum Gasteiger partial charge on any atom is -0.480 e. The fourth-order valence-electron chi connectivity index (χ4n) is 1.66. The summed E-state index contributed by atoms with van der Waals surface area (Å²) in [5, 5.41) is 12.5. The standard InChI is InChI=1S/C11H12N4O3S/c1-5-2-6-9(13-4-14-10(6)19-5)15-7(11(17)18)3-8(12)16/h2,4,7H,3H2,1H3,(H2,12,16)(H,17,18)(H,13,14,15). The highest BCUT2D eigenvalue weighted by atomic mass is 32.1. The van der Waals surface area contributed by atoms with Crippen LogP contribution in [0.1, 0.15) is 11.3 Å². The lowest BCUT2D eigenvalue weighted by Crippen LogP contribution is -2.34. The molecule has 2 aromatic rings. The van der Waals surface area contributed by atoms with E-state index in [0.29, 0.717) is 5.82 Å². The number of aryl methyl sites for hydroxylation is 1. The van der Waals surface area contributed by atoms with Crippen LogP contribution in [0.15, 0.2) is 12.4 Å². The number of aromatic nitrogens is 2. The van der Waals surface area contributed by atoms with Gasteiger partial charge in [0.1, 0.15) is 23.0 Å². The van der Waals surface area contributed by atoms with Crippen LogP contribution in [0.3, 0.4) is 0 Å². The van der Waals surface area contributed by atoms with Crippen LogP contribution in [0.4, 0.5) is 5.82 Å². The second-order valence-electron chi connectivity index (χ2n) is 4.00. The zero-order valence-electron chi connectivity index (χ0n) is 10.1. The van der Waals surface area contributed by atoms with Crippen LogP contribution in [-0.2, 0) is 9.59 Å². The summed E-state index contributed by atoms with van der Waals surface area (Å²) in [5.74, 6) is -1.45. The number of amides is 1. The Morgan fingerprint density at radius 2 is 2.26 bits per heavy atom. The third kappa shape index (κ3) is 2.97. The number of fused-ring (bicyclic) bond motifs is 1. The van der Waals surface area contributed by atoms with Gasteiger partial charge in [0.15, 0.2) is 0 Å². The molecule has 8 heteroatoms. The smallest absolute Gasteiger partial charge is 0.326 e. The van der Waals surface area contributed by atoms with Crippen LogP contribution in [0.25, 0.3) is 10.2 Å². The summed E-state index contributed by atoms with van der Waals surface area (Å²) in [6.07, 6.45) is 1.05. The van der Waals surface area contributed by atoms with E-state index in [1.165, 1.54) is 17.7 Å². The van der Waals surface area contributed by atoms with Gasteiger partial charge in [0, 0.05) is 4.88 Å². The van der Waals surface area contributed by atoms with E-state index in [9.17, 15) is 9.59 Å². The van der Waals surface area contributed by atoms with E-state index in [4.69, 9.17) is 10.8 Å². The van der Waals surface area contributed by atoms with Gasteiger partial charge >= 0.3 is 5.97 Å². The Bertz CT molecular complexity index is 640. The molecule has 4 N–H and O–H groups in total. The molecule has 2 aromatic heterocycles. The molecule has 7 nitrogen and oxygen atoms in total. The van der Waals surface area contributed by atoms with Crippen molar-refractivity contribution in [3.05, 3.63) is 17.3 Å². The Morgan fingerprint density at radius 1 is 1.53 bits per heavy atom. The fourth-order valence-corrected chi connectivity index (χ4v) is 2.50. The van der Waals surface area contributed by atoms with Crippen molar-refractivity contribution in [2.24, 2.45) is 5.73 Å². The average molecular weight is 280 g/mol. The third-order valence-corrected chi connectivity index (χ3v) is 3.43. The average Bonchev–Trinajstić information content (AvgIpc) is 2.68. The lowest BCUT2D eigenvalue weighted by molar-refractivity contribution is -0.139. The number of nitrogens with two attached hydrogens (primary N) is 1. The van der Waals surface area contributed by atoms with Crippen LogP contribution in [0.2, 0.25) is 0 Å². The number of carbonyl (C=O) groups excluding carboxylic acids is 1. The summed E-state index contributed by atoms with van der Waals surface area (Å²) >= 11 is 1.49. The summed E-state index contributed by atoms with van der Waals surface area (Å²) in [6, 6.07) is 0.765. The molecule has 0 aliphatic carbocycles. The number of hydrogen-bond acceptors (Lipinski definition) is 6. The molecule has 0 saturated carbocycles. The van der Waals surface area contributed by atoms with E-state index in [-0.39, 0.29) is 6.42 Å². The van der Waals surface area contributed by atoms with Gasteiger partial charge in [-0.2, -0.15) is 0 Å². The van der Waals surface area contributed by atoms with Crippen LogP contribution in [-0.4, -0.2) is 33.0 Å². The number of thiophene rings is 1. The maximum atomic E-state index is 11.1. The third-order valence-electron chi connectivity index (χ3n) is 2.47. The number of nitrogens with one attached hydrogen (secondary N) is 1. The van der Waals surface area contributed by atoms with Crippen LogP contribution in [0.5, 0.6) is 0 Å². The second kappa shape index (κ2) is 5.19. The molecule has 0 aromatic carbocycles. The first-order valence-corrected chi connectivity index (χ1v) is 6.28. The summed E-state index contributed by atoms with van der Waals surface area (Å²) in [7, 11) is 0. The molecule has 1 unspecified atom stereocenters. The van der Waals surface area contributed by atoms with E-state index >= 15 is 0 Å². The quantitative estimate of drug-likeness (QED) is 0.743. The first kappa shape index (κ1) is 13.2. The Labute approximate surface area is 112 Å². The zero-order valence-corrected chi connectivity index (χ0v) is 10.9. The zero-order chi connectivity index (χ0) is 14.0. The van der Waals surface area contributed by atoms with Gasteiger partial charge < -0.3 is 16.2 Å². The first-order chi connectivity index (χ1) is 8.97. The molecular formula is C11H12N4O3S. The summed E-state index contributed by atoms with van der Waals surface area (Å²) in [5.41, 5.74) is 5.03. The molecule has 2 heterocycles. The molecule has 0 aliphatic rings. The Balaban J connectivity index is 2.33. The van der Waals surface area contributed by atoms with Crippen molar-refractivity contribution >= 4 is 39.2 Å². The van der Waals surface area contributed by atoms with Crippen LogP contribution >= 0.6 is 11.3 Å². The van der Waals surface area contributed by atoms with Gasteiger partial charge in [0.2, 0.25) is 5.91 Å². The number of rotatable bonds is 5. The van der Waals surface area contributed by atoms with Crippen molar-refractivity contribution in [3.8, 4) is 0 Å². The maximum Gasteiger partial charge on any atom is 0.326 e. The van der Waals surface area contributed by atoms with Crippen molar-refractivity contribution in [1.82, 2.24) is 9.97 Å². The lowest BCUT2D eigenvalue weighted by Gasteiger charge is -2.13. The molecule has 19 heavy (non-hydrogen) atoms. The van der Waals surface area contributed by atoms with E-state index in [1.807, 2.05) is 13.0 Å². The van der Waals surface area contributed by atoms with Gasteiger partial charge in [-0.25, -0.2) is 14.8 Å². The van der Waals surface area contributed by atoms with Crippen molar-refractivity contribution in [2.75, 3.05) is 5.32 Å². The number of carboxylic acid groups (broad SMARTS) is 1. The molecule has 0 bridgehead atoms. The molecule has 0 spiro atoms. The molecule has 0 saturated heterocycles. The molecular weight excluding hydrogens is 268 g/mol. The minimum atomic E-state index is -1.16. The molecule has 0 radical (unpaired) electrons. The predicted molar refractivity (Wildman–Crippen MR) is 71.0 cm³/mol. The van der Waals surface area contributed by atoms with E-state index in [1.54, 1.807) is 0 Å². The van der Waals surface area contributed by atoms with Gasteiger partial charge in [-0.3, -0.25) is 4.79 Å². The number of aliphatic carboxylic acids is 1. The summed E-state index contributed by atoms with van der Waals surface area (Å²) in [4.78, 5) is 31.9. The Morgan fingerprint density at radius 3 is 2.89 bits per heavy atom. The molecule has 0 fully saturated rings.